The van der Waals surface area contributed by atoms with E-state index in [1.807, 2.05) is 7.05 Å². The average molecular weight is 315 g/mol. The standard InChI is InChI=1S/C16H34N4S/c1-5-7-11-20(4)12-10-18-16(17-3)19-14-8-9-15(13-14)21-6-2/h14-15H,5-13H2,1-4H3,(H2,17,18,19). The minimum absolute atomic E-state index is 0.595. The molecule has 4 nitrogen and oxygen atoms in total. The van der Waals surface area contributed by atoms with Crippen molar-refractivity contribution in [1.82, 2.24) is 15.5 Å². The molecule has 0 aliphatic heterocycles. The number of hydrogen-bond donors (Lipinski definition) is 2. The lowest BCUT2D eigenvalue weighted by Crippen LogP contribution is -2.44. The molecule has 0 radical (unpaired) electrons. The predicted molar refractivity (Wildman–Crippen MR) is 96.5 cm³/mol. The van der Waals surface area contributed by atoms with Crippen molar-refractivity contribution in [3.63, 3.8) is 0 Å². The number of rotatable bonds is 9. The van der Waals surface area contributed by atoms with Crippen molar-refractivity contribution in [2.75, 3.05) is 39.5 Å². The van der Waals surface area contributed by atoms with E-state index in [9.17, 15) is 0 Å². The molecule has 2 unspecified atom stereocenters. The Bertz CT molecular complexity index is 296. The van der Waals surface area contributed by atoms with E-state index < -0.39 is 0 Å². The second kappa shape index (κ2) is 11.2. The normalized spacial score (nSPS) is 22.8. The maximum absolute atomic E-state index is 4.35. The molecule has 124 valence electrons. The fourth-order valence-electron chi connectivity index (χ4n) is 2.75. The molecule has 0 saturated heterocycles. The molecule has 1 rings (SSSR count). The zero-order valence-electron chi connectivity index (χ0n) is 14.3. The molecule has 0 aromatic carbocycles. The van der Waals surface area contributed by atoms with E-state index in [4.69, 9.17) is 0 Å². The van der Waals surface area contributed by atoms with E-state index in [0.29, 0.717) is 6.04 Å². The Labute approximate surface area is 135 Å². The Kier molecular flexibility index (Phi) is 9.92. The molecule has 2 N–H and O–H groups in total. The first-order valence-corrected chi connectivity index (χ1v) is 9.51. The van der Waals surface area contributed by atoms with Crippen LogP contribution in [0.4, 0.5) is 0 Å². The summed E-state index contributed by atoms with van der Waals surface area (Å²) in [4.78, 5) is 6.73. The van der Waals surface area contributed by atoms with E-state index in [-0.39, 0.29) is 0 Å². The minimum Gasteiger partial charge on any atom is -0.355 e. The van der Waals surface area contributed by atoms with E-state index in [1.165, 1.54) is 44.4 Å². The molecular weight excluding hydrogens is 280 g/mol. The summed E-state index contributed by atoms with van der Waals surface area (Å²) in [5.41, 5.74) is 0. The van der Waals surface area contributed by atoms with Gasteiger partial charge in [0.25, 0.3) is 0 Å². The lowest BCUT2D eigenvalue weighted by Gasteiger charge is -2.20. The molecular formula is C16H34N4S. The zero-order valence-corrected chi connectivity index (χ0v) is 15.1. The van der Waals surface area contributed by atoms with Crippen molar-refractivity contribution in [3.8, 4) is 0 Å². The third-order valence-electron chi connectivity index (χ3n) is 4.03. The lowest BCUT2D eigenvalue weighted by molar-refractivity contribution is 0.332. The summed E-state index contributed by atoms with van der Waals surface area (Å²) in [6, 6.07) is 0.595. The SMILES string of the molecule is CCCCN(C)CCNC(=NC)NC1CCC(SCC)C1. The van der Waals surface area contributed by atoms with Gasteiger partial charge in [-0.2, -0.15) is 11.8 Å². The Balaban J connectivity index is 2.18. The number of hydrogen-bond acceptors (Lipinski definition) is 3. The van der Waals surface area contributed by atoms with Gasteiger partial charge in [0.05, 0.1) is 0 Å². The molecule has 2 atom stereocenters. The van der Waals surface area contributed by atoms with Crippen molar-refractivity contribution in [2.45, 2.75) is 57.2 Å². The Morgan fingerprint density at radius 1 is 1.29 bits per heavy atom. The molecule has 1 fully saturated rings. The highest BCUT2D eigenvalue weighted by atomic mass is 32.2. The summed E-state index contributed by atoms with van der Waals surface area (Å²) in [5, 5.41) is 7.86. The third kappa shape index (κ3) is 7.96. The van der Waals surface area contributed by atoms with Crippen LogP contribution in [0.15, 0.2) is 4.99 Å². The molecule has 0 aromatic rings. The topological polar surface area (TPSA) is 39.7 Å². The van der Waals surface area contributed by atoms with Gasteiger partial charge in [0.15, 0.2) is 5.96 Å². The van der Waals surface area contributed by atoms with Crippen molar-refractivity contribution in [3.05, 3.63) is 0 Å². The average Bonchev–Trinajstić information content (AvgIpc) is 2.91. The summed E-state index contributed by atoms with van der Waals surface area (Å²) in [6.07, 6.45) is 6.43. The van der Waals surface area contributed by atoms with Crippen LogP contribution < -0.4 is 10.6 Å². The zero-order chi connectivity index (χ0) is 15.5. The molecule has 1 aliphatic rings. The smallest absolute Gasteiger partial charge is 0.191 e. The number of nitrogens with zero attached hydrogens (tertiary/aromatic N) is 2. The summed E-state index contributed by atoms with van der Waals surface area (Å²) in [7, 11) is 4.06. The van der Waals surface area contributed by atoms with Crippen LogP contribution in [-0.4, -0.2) is 61.6 Å². The quantitative estimate of drug-likeness (QED) is 0.507. The van der Waals surface area contributed by atoms with Crippen LogP contribution in [0.3, 0.4) is 0 Å². The molecule has 0 heterocycles. The number of nitrogens with one attached hydrogen (secondary N) is 2. The number of guanidine groups is 1. The van der Waals surface area contributed by atoms with Gasteiger partial charge >= 0.3 is 0 Å². The van der Waals surface area contributed by atoms with Gasteiger partial charge in [0.1, 0.15) is 0 Å². The fraction of sp³-hybridized carbons (Fsp3) is 0.938. The second-order valence-corrected chi connectivity index (χ2v) is 7.46. The lowest BCUT2D eigenvalue weighted by atomic mass is 10.2. The van der Waals surface area contributed by atoms with Crippen LogP contribution in [0.1, 0.15) is 46.0 Å². The number of likely N-dealkylation sites (N-methyl/N-ethyl adjacent to an activating group) is 1. The summed E-state index contributed by atoms with van der Waals surface area (Å²) >= 11 is 2.10. The maximum Gasteiger partial charge on any atom is 0.191 e. The minimum atomic E-state index is 0.595. The van der Waals surface area contributed by atoms with Gasteiger partial charge in [0, 0.05) is 31.4 Å². The highest BCUT2D eigenvalue weighted by Crippen LogP contribution is 2.29. The van der Waals surface area contributed by atoms with Crippen LogP contribution in [0.2, 0.25) is 0 Å². The van der Waals surface area contributed by atoms with Gasteiger partial charge in [-0.3, -0.25) is 4.99 Å². The van der Waals surface area contributed by atoms with Crippen LogP contribution in [0, 0.1) is 0 Å². The third-order valence-corrected chi connectivity index (χ3v) is 5.26. The molecule has 0 amide bonds. The Morgan fingerprint density at radius 2 is 2.10 bits per heavy atom. The van der Waals surface area contributed by atoms with E-state index in [0.717, 1.165) is 24.3 Å². The molecule has 21 heavy (non-hydrogen) atoms. The van der Waals surface area contributed by atoms with Crippen LogP contribution >= 0.6 is 11.8 Å². The summed E-state index contributed by atoms with van der Waals surface area (Å²) < 4.78 is 0. The molecule has 0 spiro atoms. The molecule has 1 aliphatic carbocycles. The van der Waals surface area contributed by atoms with Crippen molar-refractivity contribution < 1.29 is 0 Å². The van der Waals surface area contributed by atoms with E-state index in [2.05, 4.69) is 53.2 Å². The van der Waals surface area contributed by atoms with E-state index in [1.54, 1.807) is 0 Å². The van der Waals surface area contributed by atoms with Crippen LogP contribution in [-0.2, 0) is 0 Å². The summed E-state index contributed by atoms with van der Waals surface area (Å²) in [6.45, 7) is 7.70. The molecule has 5 heteroatoms. The highest BCUT2D eigenvalue weighted by molar-refractivity contribution is 7.99. The highest BCUT2D eigenvalue weighted by Gasteiger charge is 2.24. The van der Waals surface area contributed by atoms with Gasteiger partial charge in [-0.05, 0) is 45.0 Å². The first kappa shape index (κ1) is 18.6. The Morgan fingerprint density at radius 3 is 2.76 bits per heavy atom. The van der Waals surface area contributed by atoms with E-state index >= 15 is 0 Å². The largest absolute Gasteiger partial charge is 0.355 e. The molecule has 1 saturated carbocycles. The number of thioether (sulfide) groups is 1. The van der Waals surface area contributed by atoms with Crippen molar-refractivity contribution >= 4 is 17.7 Å². The molecule has 0 bridgehead atoms. The predicted octanol–water partition coefficient (Wildman–Crippen LogP) is 2.56. The van der Waals surface area contributed by atoms with Crippen molar-refractivity contribution in [2.24, 2.45) is 4.99 Å². The fourth-order valence-corrected chi connectivity index (χ4v) is 3.89. The Hall–Kier alpha value is -0.420. The maximum atomic E-state index is 4.35. The van der Waals surface area contributed by atoms with Crippen molar-refractivity contribution in [1.29, 1.82) is 0 Å². The first-order chi connectivity index (χ1) is 10.2. The molecule has 0 aromatic heterocycles. The van der Waals surface area contributed by atoms with Crippen LogP contribution in [0.5, 0.6) is 0 Å². The van der Waals surface area contributed by atoms with Gasteiger partial charge in [-0.1, -0.05) is 20.3 Å². The first-order valence-electron chi connectivity index (χ1n) is 8.46. The van der Waals surface area contributed by atoms with Gasteiger partial charge in [-0.25, -0.2) is 0 Å². The van der Waals surface area contributed by atoms with Gasteiger partial charge in [-0.15, -0.1) is 0 Å². The monoisotopic (exact) mass is 314 g/mol. The van der Waals surface area contributed by atoms with Gasteiger partial charge < -0.3 is 15.5 Å². The second-order valence-electron chi connectivity index (χ2n) is 5.89. The van der Waals surface area contributed by atoms with Gasteiger partial charge in [0.2, 0.25) is 0 Å². The summed E-state index contributed by atoms with van der Waals surface area (Å²) in [5.74, 6) is 2.19. The number of unbranched alkanes of at least 4 members (excludes halogenated alkanes) is 1. The van der Waals surface area contributed by atoms with Crippen LogP contribution in [0.25, 0.3) is 0 Å². The number of aliphatic imine (C=N–C) groups is 1.